The molecular formula is C25H32O6. The highest BCUT2D eigenvalue weighted by Gasteiger charge is 2.48. The van der Waals surface area contributed by atoms with Crippen LogP contribution in [0.1, 0.15) is 64.9 Å². The summed E-state index contributed by atoms with van der Waals surface area (Å²) in [6, 6.07) is 5.12. The Morgan fingerprint density at radius 1 is 0.871 bits per heavy atom. The Bertz CT molecular complexity index is 933. The van der Waals surface area contributed by atoms with Gasteiger partial charge in [-0.2, -0.15) is 0 Å². The van der Waals surface area contributed by atoms with E-state index in [0.29, 0.717) is 23.5 Å². The van der Waals surface area contributed by atoms with Gasteiger partial charge in [-0.15, -0.1) is 0 Å². The summed E-state index contributed by atoms with van der Waals surface area (Å²) in [5, 5.41) is 10.9. The van der Waals surface area contributed by atoms with E-state index in [1.54, 1.807) is 18.2 Å². The summed E-state index contributed by atoms with van der Waals surface area (Å²) in [4.78, 5) is 39.6. The van der Waals surface area contributed by atoms with Crippen LogP contribution in [0, 0.1) is 16.7 Å². The maximum Gasteiger partial charge on any atom is 0.163 e. The zero-order valence-electron chi connectivity index (χ0n) is 19.2. The van der Waals surface area contributed by atoms with Crippen LogP contribution in [0.25, 0.3) is 0 Å². The second-order valence-corrected chi connectivity index (χ2v) is 10.3. The van der Waals surface area contributed by atoms with Gasteiger partial charge in [-0.25, -0.2) is 0 Å². The quantitative estimate of drug-likeness (QED) is 0.692. The van der Waals surface area contributed by atoms with Gasteiger partial charge in [0, 0.05) is 37.2 Å². The molecule has 3 rings (SSSR count). The van der Waals surface area contributed by atoms with E-state index >= 15 is 0 Å². The molecule has 2 aliphatic carbocycles. The molecule has 1 aromatic rings. The highest BCUT2D eigenvalue weighted by Crippen LogP contribution is 2.48. The first kappa shape index (κ1) is 23.0. The van der Waals surface area contributed by atoms with Gasteiger partial charge in [0.25, 0.3) is 0 Å². The molecule has 1 aromatic carbocycles. The van der Waals surface area contributed by atoms with Gasteiger partial charge >= 0.3 is 0 Å². The lowest BCUT2D eigenvalue weighted by Gasteiger charge is -2.39. The Balaban J connectivity index is 2.20. The van der Waals surface area contributed by atoms with Gasteiger partial charge in [-0.1, -0.05) is 33.8 Å². The highest BCUT2D eigenvalue weighted by atomic mass is 16.5. The van der Waals surface area contributed by atoms with Crippen LogP contribution >= 0.6 is 0 Å². The van der Waals surface area contributed by atoms with Gasteiger partial charge < -0.3 is 14.6 Å². The SMILES string of the molecule is COc1ccc(C(C2=C(O)CC(C)(C)CC2=O)C2C(=O)CC(C)(C)CC2=O)cc1OC. The molecule has 0 spiro atoms. The summed E-state index contributed by atoms with van der Waals surface area (Å²) in [6.45, 7) is 7.64. The average Bonchev–Trinajstić information content (AvgIpc) is 2.63. The third kappa shape index (κ3) is 4.53. The highest BCUT2D eigenvalue weighted by molar-refractivity contribution is 6.09. The number of methoxy groups -OCH3 is 2. The molecule has 0 radical (unpaired) electrons. The molecule has 6 heteroatoms. The summed E-state index contributed by atoms with van der Waals surface area (Å²) in [6.07, 6.45) is 1.07. The summed E-state index contributed by atoms with van der Waals surface area (Å²) in [5.41, 5.74) is -0.0337. The molecule has 0 saturated heterocycles. The van der Waals surface area contributed by atoms with E-state index in [1.807, 2.05) is 27.7 Å². The molecule has 0 bridgehead atoms. The van der Waals surface area contributed by atoms with Crippen molar-refractivity contribution in [1.82, 2.24) is 0 Å². The van der Waals surface area contributed by atoms with Crippen molar-refractivity contribution in [3.8, 4) is 11.5 Å². The number of carbonyl (C=O) groups is 3. The lowest BCUT2D eigenvalue weighted by atomic mass is 9.62. The molecule has 1 unspecified atom stereocenters. The van der Waals surface area contributed by atoms with Crippen molar-refractivity contribution < 1.29 is 29.0 Å². The second-order valence-electron chi connectivity index (χ2n) is 10.3. The number of allylic oxidation sites excluding steroid dienone is 2. The molecule has 6 nitrogen and oxygen atoms in total. The largest absolute Gasteiger partial charge is 0.512 e. The number of aliphatic hydroxyl groups is 1. The Kier molecular flexibility index (Phi) is 6.05. The minimum atomic E-state index is -1.01. The Hall–Kier alpha value is -2.63. The molecule has 168 valence electrons. The van der Waals surface area contributed by atoms with Gasteiger partial charge in [0.05, 0.1) is 20.1 Å². The van der Waals surface area contributed by atoms with E-state index in [4.69, 9.17) is 9.47 Å². The number of hydrogen-bond donors (Lipinski definition) is 1. The number of ketones is 3. The number of hydrogen-bond acceptors (Lipinski definition) is 6. The van der Waals surface area contributed by atoms with Crippen LogP contribution in [0.4, 0.5) is 0 Å². The zero-order chi connectivity index (χ0) is 23.1. The van der Waals surface area contributed by atoms with E-state index in [-0.39, 0.29) is 53.4 Å². The van der Waals surface area contributed by atoms with Crippen LogP contribution in [0.3, 0.4) is 0 Å². The van der Waals surface area contributed by atoms with Crippen molar-refractivity contribution in [3.05, 3.63) is 35.1 Å². The molecule has 0 amide bonds. The fourth-order valence-electron chi connectivity index (χ4n) is 5.00. The first-order valence-electron chi connectivity index (χ1n) is 10.6. The molecule has 1 fully saturated rings. The summed E-state index contributed by atoms with van der Waals surface area (Å²) in [5.74, 6) is -1.57. The zero-order valence-corrected chi connectivity index (χ0v) is 19.2. The third-order valence-electron chi connectivity index (χ3n) is 6.31. The molecule has 2 aliphatic rings. The van der Waals surface area contributed by atoms with E-state index in [1.165, 1.54) is 14.2 Å². The van der Waals surface area contributed by atoms with Crippen molar-refractivity contribution >= 4 is 17.3 Å². The number of benzene rings is 1. The molecule has 0 heterocycles. The van der Waals surface area contributed by atoms with Gasteiger partial charge in [0.1, 0.15) is 17.3 Å². The van der Waals surface area contributed by atoms with Gasteiger partial charge in [0.15, 0.2) is 17.3 Å². The third-order valence-corrected chi connectivity index (χ3v) is 6.31. The first-order valence-corrected chi connectivity index (χ1v) is 10.6. The normalized spacial score (nSPS) is 22.5. The molecule has 0 aliphatic heterocycles. The van der Waals surface area contributed by atoms with E-state index in [2.05, 4.69) is 0 Å². The smallest absolute Gasteiger partial charge is 0.163 e. The minimum Gasteiger partial charge on any atom is -0.512 e. The van der Waals surface area contributed by atoms with Crippen LogP contribution in [0.15, 0.2) is 29.5 Å². The lowest BCUT2D eigenvalue weighted by Crippen LogP contribution is -2.43. The van der Waals surface area contributed by atoms with Crippen molar-refractivity contribution in [2.45, 2.75) is 59.3 Å². The Morgan fingerprint density at radius 3 is 1.94 bits per heavy atom. The van der Waals surface area contributed by atoms with Crippen molar-refractivity contribution in [3.63, 3.8) is 0 Å². The first-order chi connectivity index (χ1) is 14.4. The monoisotopic (exact) mass is 428 g/mol. The number of aliphatic hydroxyl groups excluding tert-OH is 1. The number of carbonyl (C=O) groups excluding carboxylic acids is 3. The van der Waals surface area contributed by atoms with Crippen LogP contribution in [0.2, 0.25) is 0 Å². The predicted octanol–water partition coefficient (Wildman–Crippen LogP) is 4.56. The standard InChI is InChI=1S/C25H32O6/c1-24(2)10-15(26)22(16(27)11-24)21(14-7-8-19(30-5)20(9-14)31-6)23-17(28)12-25(3,4)13-18(23)29/h7-9,21-22,28H,10-13H2,1-6H3. The van der Waals surface area contributed by atoms with E-state index < -0.39 is 17.3 Å². The maximum absolute atomic E-state index is 13.2. The van der Waals surface area contributed by atoms with Crippen LogP contribution < -0.4 is 9.47 Å². The fraction of sp³-hybridized carbons (Fsp3) is 0.560. The lowest BCUT2D eigenvalue weighted by molar-refractivity contribution is -0.140. The molecule has 1 N–H and O–H groups in total. The topological polar surface area (TPSA) is 89.9 Å². The van der Waals surface area contributed by atoms with Gasteiger partial charge in [-0.3, -0.25) is 14.4 Å². The molecule has 1 saturated carbocycles. The van der Waals surface area contributed by atoms with Crippen molar-refractivity contribution in [2.24, 2.45) is 16.7 Å². The van der Waals surface area contributed by atoms with Crippen molar-refractivity contribution in [1.29, 1.82) is 0 Å². The molecule has 31 heavy (non-hydrogen) atoms. The summed E-state index contributed by atoms with van der Waals surface area (Å²) < 4.78 is 10.7. The average molecular weight is 429 g/mol. The van der Waals surface area contributed by atoms with E-state index in [0.717, 1.165) is 0 Å². The van der Waals surface area contributed by atoms with Gasteiger partial charge in [-0.05, 0) is 28.5 Å². The van der Waals surface area contributed by atoms with E-state index in [9.17, 15) is 19.5 Å². The number of ether oxygens (including phenoxy) is 2. The van der Waals surface area contributed by atoms with Crippen molar-refractivity contribution in [2.75, 3.05) is 14.2 Å². The second kappa shape index (κ2) is 8.13. The fourth-order valence-corrected chi connectivity index (χ4v) is 5.00. The predicted molar refractivity (Wildman–Crippen MR) is 116 cm³/mol. The summed E-state index contributed by atoms with van der Waals surface area (Å²) >= 11 is 0. The minimum absolute atomic E-state index is 0.0357. The molecule has 0 aromatic heterocycles. The summed E-state index contributed by atoms with van der Waals surface area (Å²) in [7, 11) is 3.02. The van der Waals surface area contributed by atoms with Crippen LogP contribution in [-0.4, -0.2) is 36.7 Å². The number of Topliss-reactive ketones (excluding diaryl/α,β-unsaturated/α-hetero) is 3. The Morgan fingerprint density at radius 2 is 1.42 bits per heavy atom. The van der Waals surface area contributed by atoms with Crippen LogP contribution in [-0.2, 0) is 14.4 Å². The molecular weight excluding hydrogens is 396 g/mol. The Labute approximate surface area is 183 Å². The molecule has 1 atom stereocenters. The maximum atomic E-state index is 13.2. The van der Waals surface area contributed by atoms with Crippen LogP contribution in [0.5, 0.6) is 11.5 Å². The van der Waals surface area contributed by atoms with Gasteiger partial charge in [0.2, 0.25) is 0 Å². The number of rotatable bonds is 5.